The van der Waals surface area contributed by atoms with E-state index >= 15 is 0 Å². The lowest BCUT2D eigenvalue weighted by atomic mass is 10.0. The first-order chi connectivity index (χ1) is 20.6. The van der Waals surface area contributed by atoms with Gasteiger partial charge in [-0.05, 0) is 67.4 Å². The molecule has 0 radical (unpaired) electrons. The maximum Gasteiger partial charge on any atom is 0.264 e. The summed E-state index contributed by atoms with van der Waals surface area (Å²) in [5.74, 6) is -0.901. The zero-order valence-electron chi connectivity index (χ0n) is 23.9. The van der Waals surface area contributed by atoms with Crippen molar-refractivity contribution in [1.29, 1.82) is 0 Å². The Bertz CT molecular complexity index is 1650. The van der Waals surface area contributed by atoms with Gasteiger partial charge in [-0.3, -0.25) is 13.9 Å². The third-order valence-electron chi connectivity index (χ3n) is 6.87. The molecular weight excluding hydrogens is 605 g/mol. The van der Waals surface area contributed by atoms with Gasteiger partial charge in [-0.1, -0.05) is 89.4 Å². The van der Waals surface area contributed by atoms with Crippen LogP contribution in [0.2, 0.25) is 10.0 Å². The third kappa shape index (κ3) is 8.38. The minimum atomic E-state index is -4.20. The average molecular weight is 639 g/mol. The summed E-state index contributed by atoms with van der Waals surface area (Å²) in [6.07, 6.45) is 0.230. The van der Waals surface area contributed by atoms with E-state index in [0.717, 1.165) is 21.0 Å². The number of anilines is 1. The summed E-state index contributed by atoms with van der Waals surface area (Å²) in [4.78, 5) is 29.3. The average Bonchev–Trinajstić information content (AvgIpc) is 2.99. The molecule has 1 atom stereocenters. The molecule has 7 nitrogen and oxygen atoms in total. The van der Waals surface area contributed by atoms with E-state index in [1.54, 1.807) is 61.5 Å². The van der Waals surface area contributed by atoms with Gasteiger partial charge >= 0.3 is 0 Å². The molecule has 0 aromatic heterocycles. The fourth-order valence-electron chi connectivity index (χ4n) is 4.63. The number of aryl methyl sites for hydroxylation is 1. The number of nitrogens with one attached hydrogen (secondary N) is 1. The molecule has 0 aliphatic rings. The van der Waals surface area contributed by atoms with E-state index in [9.17, 15) is 18.0 Å². The minimum Gasteiger partial charge on any atom is -0.355 e. The van der Waals surface area contributed by atoms with Gasteiger partial charge in [-0.15, -0.1) is 0 Å². The molecule has 0 heterocycles. The van der Waals surface area contributed by atoms with Gasteiger partial charge in [0.15, 0.2) is 0 Å². The molecule has 4 aromatic carbocycles. The van der Waals surface area contributed by atoms with Crippen LogP contribution in [-0.2, 0) is 32.6 Å². The summed E-state index contributed by atoms with van der Waals surface area (Å²) in [5.41, 5.74) is 2.71. The molecule has 0 spiro atoms. The number of rotatable bonds is 12. The first-order valence-electron chi connectivity index (χ1n) is 13.8. The molecule has 1 N–H and O–H groups in total. The number of sulfonamides is 1. The summed E-state index contributed by atoms with van der Waals surface area (Å²) in [7, 11) is -4.20. The molecule has 0 fully saturated rings. The molecule has 0 saturated heterocycles. The Morgan fingerprint density at radius 3 is 2.12 bits per heavy atom. The van der Waals surface area contributed by atoms with E-state index in [2.05, 4.69) is 5.32 Å². The molecule has 0 aliphatic carbocycles. The smallest absolute Gasteiger partial charge is 0.264 e. The van der Waals surface area contributed by atoms with Crippen LogP contribution in [0.3, 0.4) is 0 Å². The van der Waals surface area contributed by atoms with E-state index in [4.69, 9.17) is 23.2 Å². The summed E-state index contributed by atoms with van der Waals surface area (Å²) >= 11 is 12.4. The number of hydrogen-bond acceptors (Lipinski definition) is 4. The number of carbonyl (C=O) groups is 2. The predicted molar refractivity (Wildman–Crippen MR) is 172 cm³/mol. The predicted octanol–water partition coefficient (Wildman–Crippen LogP) is 6.27. The molecule has 4 aromatic rings. The highest BCUT2D eigenvalue weighted by atomic mass is 35.5. The number of likely N-dealkylation sites (N-methyl/N-ethyl adjacent to an activating group) is 1. The number of carbonyl (C=O) groups excluding carboxylic acids is 2. The van der Waals surface area contributed by atoms with E-state index in [1.807, 2.05) is 37.3 Å². The van der Waals surface area contributed by atoms with Crippen LogP contribution in [0.1, 0.15) is 23.6 Å². The van der Waals surface area contributed by atoms with Crippen LogP contribution in [-0.4, -0.2) is 44.3 Å². The van der Waals surface area contributed by atoms with E-state index in [0.29, 0.717) is 16.6 Å². The quantitative estimate of drug-likeness (QED) is 0.198. The van der Waals surface area contributed by atoms with E-state index < -0.39 is 28.5 Å². The third-order valence-corrected chi connectivity index (χ3v) is 9.15. The lowest BCUT2D eigenvalue weighted by Gasteiger charge is -2.34. The highest BCUT2D eigenvalue weighted by Gasteiger charge is 2.34. The fourth-order valence-corrected chi connectivity index (χ4v) is 6.35. The summed E-state index contributed by atoms with van der Waals surface area (Å²) in [5, 5.41) is 3.69. The number of nitrogens with zero attached hydrogens (tertiary/aromatic N) is 2. The standard InChI is InChI=1S/C33H33Cl2N3O4S/c1-3-36-33(40)31(20-25-8-5-4-6-9-25)37(22-26-14-16-27(34)17-15-26)32(39)23-38(29-11-7-10-28(35)21-29)43(41,42)30-18-12-24(2)13-19-30/h4-19,21,31H,3,20,22-23H2,1-2H3,(H,36,40). The van der Waals surface area contributed by atoms with Crippen molar-refractivity contribution < 1.29 is 18.0 Å². The molecule has 43 heavy (non-hydrogen) atoms. The van der Waals surface area contributed by atoms with Crippen molar-refractivity contribution in [3.8, 4) is 0 Å². The summed E-state index contributed by atoms with van der Waals surface area (Å²) in [6, 6.07) is 28.2. The maximum atomic E-state index is 14.3. The Morgan fingerprint density at radius 1 is 0.814 bits per heavy atom. The van der Waals surface area contributed by atoms with E-state index in [1.165, 1.54) is 23.1 Å². The second-order valence-corrected chi connectivity index (χ2v) is 12.8. The van der Waals surface area contributed by atoms with Gasteiger partial charge in [0.05, 0.1) is 10.6 Å². The van der Waals surface area contributed by atoms with Crippen molar-refractivity contribution in [2.45, 2.75) is 37.8 Å². The van der Waals surface area contributed by atoms with Gasteiger partial charge in [0.1, 0.15) is 12.6 Å². The lowest BCUT2D eigenvalue weighted by Crippen LogP contribution is -2.53. The highest BCUT2D eigenvalue weighted by molar-refractivity contribution is 7.92. The molecule has 1 unspecified atom stereocenters. The molecular formula is C33H33Cl2N3O4S. The van der Waals surface area contributed by atoms with Crippen LogP contribution in [0.25, 0.3) is 0 Å². The summed E-state index contributed by atoms with van der Waals surface area (Å²) in [6.45, 7) is 3.52. The second kappa shape index (κ2) is 14.6. The van der Waals surface area contributed by atoms with Crippen LogP contribution >= 0.6 is 23.2 Å². The van der Waals surface area contributed by atoms with Crippen LogP contribution in [0.5, 0.6) is 0 Å². The lowest BCUT2D eigenvalue weighted by molar-refractivity contribution is -0.140. The molecule has 4 rings (SSSR count). The Balaban J connectivity index is 1.79. The van der Waals surface area contributed by atoms with Crippen molar-refractivity contribution in [1.82, 2.24) is 10.2 Å². The van der Waals surface area contributed by atoms with Crippen molar-refractivity contribution >= 4 is 50.7 Å². The number of halogens is 2. The van der Waals surface area contributed by atoms with Gasteiger partial charge < -0.3 is 10.2 Å². The zero-order valence-corrected chi connectivity index (χ0v) is 26.2. The Hall–Kier alpha value is -3.85. The van der Waals surface area contributed by atoms with Gasteiger partial charge in [0.2, 0.25) is 11.8 Å². The van der Waals surface area contributed by atoms with Gasteiger partial charge in [-0.25, -0.2) is 8.42 Å². The van der Waals surface area contributed by atoms with Gasteiger partial charge in [-0.2, -0.15) is 0 Å². The number of amides is 2. The monoisotopic (exact) mass is 637 g/mol. The topological polar surface area (TPSA) is 86.8 Å². The Kier molecular flexibility index (Phi) is 10.9. The first kappa shape index (κ1) is 32.1. The van der Waals surface area contributed by atoms with Crippen molar-refractivity contribution in [2.24, 2.45) is 0 Å². The molecule has 10 heteroatoms. The number of benzene rings is 4. The van der Waals surface area contributed by atoms with Crippen LogP contribution in [0.4, 0.5) is 5.69 Å². The molecule has 2 amide bonds. The number of hydrogen-bond donors (Lipinski definition) is 1. The fraction of sp³-hybridized carbons (Fsp3) is 0.212. The van der Waals surface area contributed by atoms with Crippen LogP contribution in [0, 0.1) is 6.92 Å². The van der Waals surface area contributed by atoms with Crippen molar-refractivity contribution in [3.63, 3.8) is 0 Å². The van der Waals surface area contributed by atoms with Crippen LogP contribution < -0.4 is 9.62 Å². The summed E-state index contributed by atoms with van der Waals surface area (Å²) < 4.78 is 29.1. The maximum absolute atomic E-state index is 14.3. The van der Waals surface area contributed by atoms with Crippen molar-refractivity contribution in [3.05, 3.63) is 130 Å². The van der Waals surface area contributed by atoms with Crippen LogP contribution in [0.15, 0.2) is 108 Å². The second-order valence-electron chi connectivity index (χ2n) is 10.1. The SMILES string of the molecule is CCNC(=O)C(Cc1ccccc1)N(Cc1ccc(Cl)cc1)C(=O)CN(c1cccc(Cl)c1)S(=O)(=O)c1ccc(C)cc1. The van der Waals surface area contributed by atoms with E-state index in [-0.39, 0.29) is 29.5 Å². The van der Waals surface area contributed by atoms with Gasteiger partial charge in [0, 0.05) is 29.6 Å². The molecule has 224 valence electrons. The van der Waals surface area contributed by atoms with Crippen molar-refractivity contribution in [2.75, 3.05) is 17.4 Å². The Morgan fingerprint density at radius 2 is 1.49 bits per heavy atom. The van der Waals surface area contributed by atoms with Gasteiger partial charge in [0.25, 0.3) is 10.0 Å². The zero-order chi connectivity index (χ0) is 31.0. The molecule has 0 saturated carbocycles. The normalized spacial score (nSPS) is 11.9. The molecule has 0 bridgehead atoms. The largest absolute Gasteiger partial charge is 0.355 e. The first-order valence-corrected chi connectivity index (χ1v) is 16.0. The Labute approximate surface area is 263 Å². The minimum absolute atomic E-state index is 0.0275. The molecule has 0 aliphatic heterocycles. The highest BCUT2D eigenvalue weighted by Crippen LogP contribution is 2.27.